The van der Waals surface area contributed by atoms with Crippen molar-refractivity contribution < 1.29 is 14.3 Å². The molecular formula is C30H24N4O3S. The van der Waals surface area contributed by atoms with E-state index in [0.29, 0.717) is 29.2 Å². The number of methoxy groups -OCH3 is 1. The van der Waals surface area contributed by atoms with E-state index >= 15 is 0 Å². The number of aromatic nitrogens is 2. The van der Waals surface area contributed by atoms with E-state index in [1.165, 1.54) is 11.5 Å². The molecule has 1 aliphatic rings. The first-order chi connectivity index (χ1) is 18.5. The lowest BCUT2D eigenvalue weighted by molar-refractivity contribution is 0.0735. The quantitative estimate of drug-likeness (QED) is 0.297. The maximum absolute atomic E-state index is 13.8. The molecular weight excluding hydrogens is 496 g/mol. The molecule has 0 aliphatic carbocycles. The van der Waals surface area contributed by atoms with Crippen LogP contribution in [0, 0.1) is 6.92 Å². The van der Waals surface area contributed by atoms with E-state index in [2.05, 4.69) is 14.7 Å². The van der Waals surface area contributed by atoms with Crippen LogP contribution in [0.3, 0.4) is 0 Å². The SMILES string of the molecule is COc1ccc(CN2C(=O)c3ccnc(NC(=O)c4nsc5ccccc45)c3C2c2ccccc2C)cc1. The molecule has 3 aromatic carbocycles. The zero-order valence-electron chi connectivity index (χ0n) is 20.8. The van der Waals surface area contributed by atoms with Crippen LogP contribution >= 0.6 is 11.5 Å². The van der Waals surface area contributed by atoms with Crippen LogP contribution in [0.4, 0.5) is 5.82 Å². The number of benzene rings is 3. The second-order valence-corrected chi connectivity index (χ2v) is 9.95. The fourth-order valence-electron chi connectivity index (χ4n) is 4.99. The van der Waals surface area contributed by atoms with Crippen molar-refractivity contribution in [1.82, 2.24) is 14.3 Å². The summed E-state index contributed by atoms with van der Waals surface area (Å²) in [6.07, 6.45) is 1.57. The Hall–Kier alpha value is -4.56. The minimum absolute atomic E-state index is 0.110. The Bertz CT molecular complexity index is 1680. The molecule has 2 amide bonds. The molecule has 0 spiro atoms. The van der Waals surface area contributed by atoms with Gasteiger partial charge in [-0.25, -0.2) is 4.98 Å². The van der Waals surface area contributed by atoms with Gasteiger partial charge in [0, 0.05) is 23.7 Å². The van der Waals surface area contributed by atoms with Crippen LogP contribution in [0.15, 0.2) is 85.1 Å². The summed E-state index contributed by atoms with van der Waals surface area (Å²) in [5, 5.41) is 3.76. The third-order valence-electron chi connectivity index (χ3n) is 6.89. The average molecular weight is 521 g/mol. The molecule has 8 heteroatoms. The fraction of sp³-hybridized carbons (Fsp3) is 0.133. The summed E-state index contributed by atoms with van der Waals surface area (Å²) in [6, 6.07) is 24.6. The number of pyridine rings is 1. The second kappa shape index (κ2) is 9.72. The number of hydrogen-bond donors (Lipinski definition) is 1. The average Bonchev–Trinajstić information content (AvgIpc) is 3.49. The highest BCUT2D eigenvalue weighted by Crippen LogP contribution is 2.43. The summed E-state index contributed by atoms with van der Waals surface area (Å²) < 4.78 is 10.6. The van der Waals surface area contributed by atoms with Crippen molar-refractivity contribution in [1.29, 1.82) is 0 Å². The van der Waals surface area contributed by atoms with Gasteiger partial charge in [-0.1, -0.05) is 54.6 Å². The molecule has 1 aliphatic heterocycles. The molecule has 0 saturated heterocycles. The molecule has 0 saturated carbocycles. The van der Waals surface area contributed by atoms with Gasteiger partial charge in [-0.15, -0.1) is 0 Å². The van der Waals surface area contributed by atoms with Crippen molar-refractivity contribution in [3.63, 3.8) is 0 Å². The molecule has 38 heavy (non-hydrogen) atoms. The van der Waals surface area contributed by atoms with Gasteiger partial charge in [0.1, 0.15) is 17.3 Å². The molecule has 7 nitrogen and oxygen atoms in total. The molecule has 3 heterocycles. The lowest BCUT2D eigenvalue weighted by Gasteiger charge is -2.28. The molecule has 1 N–H and O–H groups in total. The maximum atomic E-state index is 13.8. The van der Waals surface area contributed by atoms with Gasteiger partial charge in [0.2, 0.25) is 0 Å². The summed E-state index contributed by atoms with van der Waals surface area (Å²) in [5.74, 6) is 0.654. The number of ether oxygens (including phenoxy) is 1. The summed E-state index contributed by atoms with van der Waals surface area (Å²) in [7, 11) is 1.63. The molecule has 2 aromatic heterocycles. The lowest BCUT2D eigenvalue weighted by Crippen LogP contribution is -2.29. The van der Waals surface area contributed by atoms with E-state index in [-0.39, 0.29) is 11.8 Å². The van der Waals surface area contributed by atoms with Gasteiger partial charge >= 0.3 is 0 Å². The molecule has 1 atom stereocenters. The molecule has 1 unspecified atom stereocenters. The zero-order valence-corrected chi connectivity index (χ0v) is 21.7. The monoisotopic (exact) mass is 520 g/mol. The smallest absolute Gasteiger partial charge is 0.277 e. The highest BCUT2D eigenvalue weighted by molar-refractivity contribution is 7.13. The predicted octanol–water partition coefficient (Wildman–Crippen LogP) is 6.01. The van der Waals surface area contributed by atoms with Gasteiger partial charge in [0.25, 0.3) is 11.8 Å². The molecule has 0 bridgehead atoms. The maximum Gasteiger partial charge on any atom is 0.277 e. The number of amides is 2. The highest BCUT2D eigenvalue weighted by Gasteiger charge is 2.41. The second-order valence-electron chi connectivity index (χ2n) is 9.14. The Morgan fingerprint density at radius 3 is 2.58 bits per heavy atom. The summed E-state index contributed by atoms with van der Waals surface area (Å²) >= 11 is 1.28. The standard InChI is InChI=1S/C30H24N4O3S/c1-18-7-3-4-8-21(18)27-25-23(30(36)34(27)17-19-11-13-20(37-2)14-12-19)15-16-31-28(25)32-29(35)26-22-9-5-6-10-24(22)38-33-26/h3-16,27H,17H2,1-2H3,(H,31,32,35). The number of rotatable bonds is 6. The van der Waals surface area contributed by atoms with Crippen molar-refractivity contribution in [2.24, 2.45) is 0 Å². The highest BCUT2D eigenvalue weighted by atomic mass is 32.1. The van der Waals surface area contributed by atoms with E-state index in [1.807, 2.05) is 84.6 Å². The van der Waals surface area contributed by atoms with Crippen molar-refractivity contribution in [3.05, 3.63) is 119 Å². The Balaban J connectivity index is 1.42. The van der Waals surface area contributed by atoms with Crippen LogP contribution in [-0.2, 0) is 6.54 Å². The van der Waals surface area contributed by atoms with Crippen molar-refractivity contribution in [2.45, 2.75) is 19.5 Å². The Kier molecular flexibility index (Phi) is 6.09. The number of hydrogen-bond acceptors (Lipinski definition) is 6. The molecule has 6 rings (SSSR count). The third kappa shape index (κ3) is 4.09. The number of nitrogens with zero attached hydrogens (tertiary/aromatic N) is 3. The van der Waals surface area contributed by atoms with Gasteiger partial charge in [-0.3, -0.25) is 9.59 Å². The van der Waals surface area contributed by atoms with Gasteiger partial charge < -0.3 is 15.0 Å². The Labute approximate surface area is 223 Å². The summed E-state index contributed by atoms with van der Waals surface area (Å²) in [6.45, 7) is 2.42. The van der Waals surface area contributed by atoms with Crippen LogP contribution in [0.1, 0.15) is 49.1 Å². The lowest BCUT2D eigenvalue weighted by atomic mass is 9.94. The normalized spacial score (nSPS) is 14.5. The van der Waals surface area contributed by atoms with Gasteiger partial charge in [-0.2, -0.15) is 4.37 Å². The number of fused-ring (bicyclic) bond motifs is 2. The fourth-order valence-corrected chi connectivity index (χ4v) is 5.76. The Morgan fingerprint density at radius 2 is 1.79 bits per heavy atom. The summed E-state index contributed by atoms with van der Waals surface area (Å²) in [5.41, 5.74) is 4.56. The third-order valence-corrected chi connectivity index (χ3v) is 7.71. The van der Waals surface area contributed by atoms with Gasteiger partial charge in [-0.05, 0) is 59.4 Å². The van der Waals surface area contributed by atoms with Crippen LogP contribution in [0.5, 0.6) is 5.75 Å². The number of carbonyl (C=O) groups excluding carboxylic acids is 2. The number of aryl methyl sites for hydroxylation is 1. The van der Waals surface area contributed by atoms with E-state index in [4.69, 9.17) is 4.74 Å². The van der Waals surface area contributed by atoms with E-state index in [1.54, 1.807) is 19.4 Å². The van der Waals surface area contributed by atoms with E-state index < -0.39 is 6.04 Å². The van der Waals surface area contributed by atoms with Crippen molar-refractivity contribution >= 4 is 39.3 Å². The van der Waals surface area contributed by atoms with E-state index in [0.717, 1.165) is 32.5 Å². The van der Waals surface area contributed by atoms with Crippen molar-refractivity contribution in [3.8, 4) is 5.75 Å². The summed E-state index contributed by atoms with van der Waals surface area (Å²) in [4.78, 5) is 33.6. The number of anilines is 1. The predicted molar refractivity (Wildman–Crippen MR) is 148 cm³/mol. The first-order valence-electron chi connectivity index (χ1n) is 12.2. The topological polar surface area (TPSA) is 84.4 Å². The minimum Gasteiger partial charge on any atom is -0.497 e. The minimum atomic E-state index is -0.419. The largest absolute Gasteiger partial charge is 0.497 e. The van der Waals surface area contributed by atoms with Crippen LogP contribution < -0.4 is 10.1 Å². The van der Waals surface area contributed by atoms with Gasteiger partial charge in [0.05, 0.1) is 23.4 Å². The molecule has 188 valence electrons. The number of nitrogens with one attached hydrogen (secondary N) is 1. The molecule has 5 aromatic rings. The molecule has 0 fully saturated rings. The molecule has 0 radical (unpaired) electrons. The Morgan fingerprint density at radius 1 is 1.03 bits per heavy atom. The first-order valence-corrected chi connectivity index (χ1v) is 13.0. The van der Waals surface area contributed by atoms with Crippen LogP contribution in [-0.4, -0.2) is 33.2 Å². The van der Waals surface area contributed by atoms with Gasteiger partial charge in [0.15, 0.2) is 0 Å². The number of carbonyl (C=O) groups is 2. The first kappa shape index (κ1) is 23.8. The van der Waals surface area contributed by atoms with Crippen LogP contribution in [0.2, 0.25) is 0 Å². The zero-order chi connectivity index (χ0) is 26.2. The van der Waals surface area contributed by atoms with E-state index in [9.17, 15) is 9.59 Å². The van der Waals surface area contributed by atoms with Crippen LogP contribution in [0.25, 0.3) is 10.1 Å². The van der Waals surface area contributed by atoms with Crippen molar-refractivity contribution in [2.75, 3.05) is 12.4 Å².